The number of alkyl halides is 3. The van der Waals surface area contributed by atoms with Crippen molar-refractivity contribution in [2.75, 3.05) is 7.05 Å². The number of fused-ring (bicyclic) bond motifs is 5. The molecule has 3 saturated carbocycles. The molecule has 36 heavy (non-hydrogen) atoms. The highest BCUT2D eigenvalue weighted by molar-refractivity contribution is 5.89. The van der Waals surface area contributed by atoms with E-state index >= 15 is 0 Å². The molecule has 1 aromatic carbocycles. The van der Waals surface area contributed by atoms with Crippen LogP contribution in [0.3, 0.4) is 0 Å². The Morgan fingerprint density at radius 3 is 2.58 bits per heavy atom. The Hall–Kier alpha value is -2.31. The van der Waals surface area contributed by atoms with E-state index in [0.717, 1.165) is 44.6 Å². The molecule has 4 nitrogen and oxygen atoms in total. The molecule has 2 amide bonds. The first-order valence-electron chi connectivity index (χ1n) is 13.3. The molecule has 1 N–H and O–H groups in total. The van der Waals surface area contributed by atoms with Crippen LogP contribution < -0.4 is 5.32 Å². The second-order valence-corrected chi connectivity index (χ2v) is 12.1. The minimum Gasteiger partial charge on any atom is -0.352 e. The van der Waals surface area contributed by atoms with Gasteiger partial charge in [-0.15, -0.1) is 0 Å². The fourth-order valence-electron chi connectivity index (χ4n) is 8.62. The molecule has 0 saturated heterocycles. The molecular formula is C29H37F3N2O2. The molecule has 4 aliphatic rings. The molecular weight excluding hydrogens is 465 g/mol. The molecule has 196 valence electrons. The monoisotopic (exact) mass is 502 g/mol. The summed E-state index contributed by atoms with van der Waals surface area (Å²) in [6.45, 7) is 4.57. The summed E-state index contributed by atoms with van der Waals surface area (Å²) in [6, 6.07) is 5.69. The highest BCUT2D eigenvalue weighted by Gasteiger charge is 2.60. The molecule has 1 aromatic rings. The second kappa shape index (κ2) is 8.91. The third-order valence-corrected chi connectivity index (χ3v) is 10.6. The number of rotatable bonds is 4. The number of hydrogen-bond donors (Lipinski definition) is 1. The average molecular weight is 503 g/mol. The van der Waals surface area contributed by atoms with E-state index in [-0.39, 0.29) is 46.7 Å². The summed E-state index contributed by atoms with van der Waals surface area (Å²) >= 11 is 0. The van der Waals surface area contributed by atoms with Crippen molar-refractivity contribution in [1.29, 1.82) is 0 Å². The van der Waals surface area contributed by atoms with Gasteiger partial charge in [0.05, 0.1) is 5.56 Å². The normalized spacial score (nSPS) is 37.8. The zero-order valence-electron chi connectivity index (χ0n) is 21.4. The van der Waals surface area contributed by atoms with Crippen LogP contribution in [0.4, 0.5) is 13.2 Å². The van der Waals surface area contributed by atoms with Crippen LogP contribution >= 0.6 is 0 Å². The first-order valence-corrected chi connectivity index (χ1v) is 13.3. The first kappa shape index (κ1) is 25.3. The van der Waals surface area contributed by atoms with Gasteiger partial charge in [0.25, 0.3) is 0 Å². The molecule has 0 unspecified atom stereocenters. The van der Waals surface area contributed by atoms with Crippen LogP contribution in [-0.2, 0) is 22.3 Å². The summed E-state index contributed by atoms with van der Waals surface area (Å²) in [5.74, 6) is 1.86. The van der Waals surface area contributed by atoms with Crippen molar-refractivity contribution in [3.8, 4) is 0 Å². The number of hydrogen-bond acceptors (Lipinski definition) is 2. The topological polar surface area (TPSA) is 49.4 Å². The SMILES string of the molecule is CN1C(=O)C=C[C@]2(C)[C@H]3CC[C@]4(C)[C@@H](CC(=O)NCc5ccccc5C(F)(F)F)CC[C@H]4[C@@H]3CC[C@@H]12. The van der Waals surface area contributed by atoms with E-state index in [2.05, 4.69) is 25.2 Å². The molecule has 0 spiro atoms. The van der Waals surface area contributed by atoms with Crippen molar-refractivity contribution in [3.05, 3.63) is 47.5 Å². The van der Waals surface area contributed by atoms with Gasteiger partial charge >= 0.3 is 6.18 Å². The van der Waals surface area contributed by atoms with Crippen molar-refractivity contribution in [3.63, 3.8) is 0 Å². The van der Waals surface area contributed by atoms with Gasteiger partial charge in [0.2, 0.25) is 11.8 Å². The van der Waals surface area contributed by atoms with Crippen LogP contribution in [0.2, 0.25) is 0 Å². The Morgan fingerprint density at radius 2 is 1.83 bits per heavy atom. The molecule has 1 heterocycles. The predicted octanol–water partition coefficient (Wildman–Crippen LogP) is 5.97. The maximum atomic E-state index is 13.3. The Labute approximate surface area is 211 Å². The van der Waals surface area contributed by atoms with Gasteiger partial charge in [-0.25, -0.2) is 0 Å². The van der Waals surface area contributed by atoms with Crippen LogP contribution in [0.25, 0.3) is 0 Å². The summed E-state index contributed by atoms with van der Waals surface area (Å²) in [4.78, 5) is 27.1. The lowest BCUT2D eigenvalue weighted by atomic mass is 9.47. The van der Waals surface area contributed by atoms with E-state index in [1.165, 1.54) is 12.1 Å². The van der Waals surface area contributed by atoms with E-state index in [0.29, 0.717) is 24.2 Å². The number of nitrogens with zero attached hydrogens (tertiary/aromatic N) is 1. The fraction of sp³-hybridized carbons (Fsp3) is 0.655. The summed E-state index contributed by atoms with van der Waals surface area (Å²) < 4.78 is 39.9. The zero-order valence-corrected chi connectivity index (χ0v) is 21.4. The average Bonchev–Trinajstić information content (AvgIpc) is 3.16. The minimum absolute atomic E-state index is 0.00571. The van der Waals surface area contributed by atoms with Gasteiger partial charge in [0.1, 0.15) is 0 Å². The van der Waals surface area contributed by atoms with E-state index in [1.54, 1.807) is 12.1 Å². The van der Waals surface area contributed by atoms with E-state index < -0.39 is 11.7 Å². The van der Waals surface area contributed by atoms with Crippen LogP contribution in [0.1, 0.15) is 69.9 Å². The van der Waals surface area contributed by atoms with E-state index in [4.69, 9.17) is 0 Å². The zero-order chi connectivity index (χ0) is 25.9. The molecule has 3 fully saturated rings. The maximum Gasteiger partial charge on any atom is 0.416 e. The van der Waals surface area contributed by atoms with Crippen molar-refractivity contribution in [1.82, 2.24) is 10.2 Å². The Bertz CT molecular complexity index is 1070. The van der Waals surface area contributed by atoms with Gasteiger partial charge in [-0.05, 0) is 85.3 Å². The van der Waals surface area contributed by atoms with Gasteiger partial charge in [-0.1, -0.05) is 38.1 Å². The molecule has 0 aromatic heterocycles. The minimum atomic E-state index is -4.43. The van der Waals surface area contributed by atoms with Crippen LogP contribution in [-0.4, -0.2) is 29.8 Å². The van der Waals surface area contributed by atoms with Gasteiger partial charge < -0.3 is 10.2 Å². The smallest absolute Gasteiger partial charge is 0.352 e. The van der Waals surface area contributed by atoms with Crippen molar-refractivity contribution in [2.24, 2.45) is 34.5 Å². The summed E-state index contributed by atoms with van der Waals surface area (Å²) in [5.41, 5.74) is -0.520. The van der Waals surface area contributed by atoms with Gasteiger partial charge in [0, 0.05) is 31.5 Å². The largest absolute Gasteiger partial charge is 0.416 e. The second-order valence-electron chi connectivity index (χ2n) is 12.1. The third kappa shape index (κ3) is 4.06. The van der Waals surface area contributed by atoms with Crippen molar-refractivity contribution < 1.29 is 22.8 Å². The van der Waals surface area contributed by atoms with E-state index in [9.17, 15) is 22.8 Å². The first-order chi connectivity index (χ1) is 16.9. The number of benzene rings is 1. The lowest BCUT2D eigenvalue weighted by Crippen LogP contribution is -2.59. The number of amides is 2. The number of halogens is 3. The summed E-state index contributed by atoms with van der Waals surface area (Å²) in [6.07, 6.45) is 6.24. The maximum absolute atomic E-state index is 13.3. The highest BCUT2D eigenvalue weighted by atomic mass is 19.4. The quantitative estimate of drug-likeness (QED) is 0.552. The van der Waals surface area contributed by atoms with Crippen LogP contribution in [0.5, 0.6) is 0 Å². The lowest BCUT2D eigenvalue weighted by molar-refractivity contribution is -0.140. The number of likely N-dealkylation sites (N-methyl/N-ethyl adjacent to an activating group) is 1. The molecule has 7 atom stereocenters. The lowest BCUT2D eigenvalue weighted by Gasteiger charge is -2.60. The molecule has 0 bridgehead atoms. The Kier molecular flexibility index (Phi) is 6.27. The van der Waals surface area contributed by atoms with Crippen molar-refractivity contribution >= 4 is 11.8 Å². The van der Waals surface area contributed by atoms with E-state index in [1.807, 2.05) is 11.9 Å². The molecule has 3 aliphatic carbocycles. The number of carbonyl (C=O) groups is 2. The molecule has 0 radical (unpaired) electrons. The standard InChI is InChI=1S/C29H37F3N2O2/c1-27-14-12-23-20(9-11-24-28(23,2)15-13-26(36)34(24)3)22(27)10-8-19(27)16-25(35)33-17-18-6-4-5-7-21(18)29(30,31)32/h4-7,13,15,19-20,22-24H,8-12,14,16-17H2,1-3H3,(H,33,35)/t19-,20+,22+,23+,24-,27-,28-/m1/s1. The molecule has 7 heteroatoms. The van der Waals surface area contributed by atoms with Crippen LogP contribution in [0.15, 0.2) is 36.4 Å². The Balaban J connectivity index is 1.26. The summed E-state index contributed by atoms with van der Waals surface area (Å²) in [5, 5.41) is 2.77. The molecule has 1 aliphatic heterocycles. The summed E-state index contributed by atoms with van der Waals surface area (Å²) in [7, 11) is 1.93. The van der Waals surface area contributed by atoms with Gasteiger partial charge in [-0.3, -0.25) is 9.59 Å². The third-order valence-electron chi connectivity index (χ3n) is 10.6. The highest BCUT2D eigenvalue weighted by Crippen LogP contribution is 2.65. The molecule has 5 rings (SSSR count). The predicted molar refractivity (Wildman–Crippen MR) is 131 cm³/mol. The van der Waals surface area contributed by atoms with Crippen LogP contribution in [0, 0.1) is 34.5 Å². The van der Waals surface area contributed by atoms with Crippen molar-refractivity contribution in [2.45, 2.75) is 77.6 Å². The Morgan fingerprint density at radius 1 is 1.08 bits per heavy atom. The number of nitrogens with one attached hydrogen (secondary N) is 1. The fourth-order valence-corrected chi connectivity index (χ4v) is 8.62. The van der Waals surface area contributed by atoms with Gasteiger partial charge in [0.15, 0.2) is 0 Å². The number of carbonyl (C=O) groups excluding carboxylic acids is 2. The van der Waals surface area contributed by atoms with Gasteiger partial charge in [-0.2, -0.15) is 13.2 Å².